The number of amides is 4. The molecule has 0 spiro atoms. The number of hydrogen-bond donors (Lipinski definition) is 1. The number of imide groups is 2. The van der Waals surface area contributed by atoms with E-state index in [0.29, 0.717) is 29.4 Å². The normalized spacial score (nSPS) is 26.1. The Morgan fingerprint density at radius 2 is 1.52 bits per heavy atom. The molecule has 9 rings (SSSR count). The Balaban J connectivity index is 1.02. The molecule has 0 unspecified atom stereocenters. The highest BCUT2D eigenvalue weighted by atomic mass is 16.5. The van der Waals surface area contributed by atoms with Gasteiger partial charge in [-0.3, -0.25) is 14.9 Å². The molecule has 0 radical (unpaired) electrons. The minimum absolute atomic E-state index is 0.128. The van der Waals surface area contributed by atoms with Crippen LogP contribution in [0, 0.1) is 17.8 Å². The third-order valence-corrected chi connectivity index (χ3v) is 10.6. The molecule has 1 heterocycles. The number of ether oxygens (including phenoxy) is 2. The maximum atomic E-state index is 13.7. The fourth-order valence-corrected chi connectivity index (χ4v) is 8.95. The van der Waals surface area contributed by atoms with Crippen molar-refractivity contribution in [2.75, 3.05) is 12.0 Å². The Bertz CT molecular complexity index is 1870. The zero-order valence-electron chi connectivity index (χ0n) is 25.8. The first-order valence-corrected chi connectivity index (χ1v) is 16.2. The summed E-state index contributed by atoms with van der Waals surface area (Å²) in [6, 6.07) is 26.6. The maximum Gasteiger partial charge on any atom is 0.335 e. The number of barbiturate groups is 1. The van der Waals surface area contributed by atoms with Crippen molar-refractivity contribution in [2.45, 2.75) is 50.5 Å². The van der Waals surface area contributed by atoms with Crippen molar-refractivity contribution in [2.24, 2.45) is 17.8 Å². The lowest BCUT2D eigenvalue weighted by Crippen LogP contribution is -2.54. The number of anilines is 1. The van der Waals surface area contributed by atoms with Crippen LogP contribution in [0.15, 0.2) is 90.5 Å². The van der Waals surface area contributed by atoms with Crippen molar-refractivity contribution in [1.82, 2.24) is 5.32 Å². The Morgan fingerprint density at radius 1 is 0.826 bits per heavy atom. The smallest absolute Gasteiger partial charge is 0.335 e. The van der Waals surface area contributed by atoms with Crippen molar-refractivity contribution in [1.29, 1.82) is 0 Å². The molecule has 1 saturated heterocycles. The van der Waals surface area contributed by atoms with Crippen LogP contribution >= 0.6 is 0 Å². The molecule has 4 aromatic rings. The molecule has 4 saturated carbocycles. The molecular weight excluding hydrogens is 576 g/mol. The molecule has 1 N–H and O–H groups in total. The monoisotopic (exact) mass is 612 g/mol. The van der Waals surface area contributed by atoms with Crippen molar-refractivity contribution in [3.63, 3.8) is 0 Å². The summed E-state index contributed by atoms with van der Waals surface area (Å²) in [5, 5.41) is 4.60. The number of methoxy groups -OCH3 is 1. The second-order valence-corrected chi connectivity index (χ2v) is 13.5. The van der Waals surface area contributed by atoms with Gasteiger partial charge in [0.2, 0.25) is 0 Å². The number of nitrogens with zero attached hydrogens (tertiary/aromatic N) is 1. The van der Waals surface area contributed by atoms with Crippen LogP contribution < -0.4 is 19.7 Å². The molecule has 5 aliphatic rings. The van der Waals surface area contributed by atoms with Crippen LogP contribution in [-0.2, 0) is 21.6 Å². The summed E-state index contributed by atoms with van der Waals surface area (Å²) in [6.45, 7) is 0.345. The summed E-state index contributed by atoms with van der Waals surface area (Å²) >= 11 is 0. The molecule has 5 fully saturated rings. The lowest BCUT2D eigenvalue weighted by molar-refractivity contribution is -0.122. The van der Waals surface area contributed by atoms with Gasteiger partial charge in [-0.05, 0) is 119 Å². The van der Waals surface area contributed by atoms with Crippen LogP contribution in [0.4, 0.5) is 10.5 Å². The third kappa shape index (κ3) is 4.95. The fourth-order valence-electron chi connectivity index (χ4n) is 8.95. The minimum atomic E-state index is -0.746. The number of fused-ring (bicyclic) bond motifs is 1. The number of carbonyl (C=O) groups is 3. The highest BCUT2D eigenvalue weighted by Gasteiger charge is 2.51. The average molecular weight is 613 g/mol. The molecule has 0 aromatic heterocycles. The molecule has 7 nitrogen and oxygen atoms in total. The summed E-state index contributed by atoms with van der Waals surface area (Å²) < 4.78 is 11.7. The highest BCUT2D eigenvalue weighted by Crippen LogP contribution is 2.60. The molecule has 4 bridgehead atoms. The number of urea groups is 1. The molecule has 4 aliphatic carbocycles. The zero-order chi connectivity index (χ0) is 31.4. The quantitative estimate of drug-likeness (QED) is 0.172. The second kappa shape index (κ2) is 11.2. The number of carbonyl (C=O) groups excluding carboxylic acids is 3. The van der Waals surface area contributed by atoms with Gasteiger partial charge in [0, 0.05) is 0 Å². The van der Waals surface area contributed by atoms with Gasteiger partial charge in [-0.1, -0.05) is 60.7 Å². The Morgan fingerprint density at radius 3 is 2.24 bits per heavy atom. The summed E-state index contributed by atoms with van der Waals surface area (Å²) in [7, 11) is 1.54. The van der Waals surface area contributed by atoms with Gasteiger partial charge in [0.15, 0.2) is 11.5 Å². The Hall–Kier alpha value is -4.91. The molecule has 232 valence electrons. The number of nitrogens with one attached hydrogen (secondary N) is 1. The van der Waals surface area contributed by atoms with E-state index in [0.717, 1.165) is 39.0 Å². The van der Waals surface area contributed by atoms with Crippen molar-refractivity contribution >= 4 is 40.4 Å². The topological polar surface area (TPSA) is 84.9 Å². The van der Waals surface area contributed by atoms with E-state index in [1.807, 2.05) is 36.4 Å². The van der Waals surface area contributed by atoms with E-state index >= 15 is 0 Å². The predicted molar refractivity (Wildman–Crippen MR) is 177 cm³/mol. The van der Waals surface area contributed by atoms with Crippen LogP contribution in [0.3, 0.4) is 0 Å². The van der Waals surface area contributed by atoms with Gasteiger partial charge in [-0.15, -0.1) is 0 Å². The summed E-state index contributed by atoms with van der Waals surface area (Å²) in [4.78, 5) is 40.6. The number of benzene rings is 4. The highest BCUT2D eigenvalue weighted by molar-refractivity contribution is 6.39. The standard InChI is InChI=1S/C39H36N2O5/c1-45-35-19-24(9-14-34(35)46-23-29-7-4-6-28-5-2-3-8-32(28)29)18-33-36(42)40-38(44)41(37(33)43)31-12-10-30(11-13-31)39-20-25-15-26(21-39)17-27(16-25)22-39/h2-14,18-19,25-27H,15-17,20-23H2,1H3,(H,40,42,44)/b33-18+. The van der Waals surface area contributed by atoms with E-state index in [1.165, 1.54) is 50.2 Å². The third-order valence-electron chi connectivity index (χ3n) is 10.6. The molecule has 4 amide bonds. The van der Waals surface area contributed by atoms with Crippen LogP contribution in [0.5, 0.6) is 11.5 Å². The SMILES string of the molecule is COc1cc(/C=C2\C(=O)NC(=O)N(c3ccc(C45CC6CC(CC(C6)C4)C5)cc3)C2=O)ccc1OCc1cccc2ccccc12. The Labute approximate surface area is 268 Å². The first-order chi connectivity index (χ1) is 22.4. The summed E-state index contributed by atoms with van der Waals surface area (Å²) in [5.74, 6) is 2.07. The van der Waals surface area contributed by atoms with Crippen LogP contribution in [0.25, 0.3) is 16.8 Å². The summed E-state index contributed by atoms with van der Waals surface area (Å²) in [6.07, 6.45) is 9.30. The lowest BCUT2D eigenvalue weighted by Gasteiger charge is -2.57. The minimum Gasteiger partial charge on any atom is -0.493 e. The van der Waals surface area contributed by atoms with Gasteiger partial charge in [0.25, 0.3) is 11.8 Å². The van der Waals surface area contributed by atoms with E-state index in [-0.39, 0.29) is 11.0 Å². The fraction of sp³-hybridized carbons (Fsp3) is 0.308. The predicted octanol–water partition coefficient (Wildman–Crippen LogP) is 7.56. The number of hydrogen-bond acceptors (Lipinski definition) is 5. The summed E-state index contributed by atoms with van der Waals surface area (Å²) in [5.41, 5.74) is 3.46. The lowest BCUT2D eigenvalue weighted by atomic mass is 9.48. The van der Waals surface area contributed by atoms with E-state index in [4.69, 9.17) is 9.47 Å². The van der Waals surface area contributed by atoms with Crippen LogP contribution in [0.1, 0.15) is 55.2 Å². The first-order valence-electron chi connectivity index (χ1n) is 16.2. The number of rotatable bonds is 7. The van der Waals surface area contributed by atoms with Crippen molar-refractivity contribution < 1.29 is 23.9 Å². The first kappa shape index (κ1) is 28.6. The molecule has 46 heavy (non-hydrogen) atoms. The molecular formula is C39H36N2O5. The second-order valence-electron chi connectivity index (χ2n) is 13.5. The van der Waals surface area contributed by atoms with Crippen LogP contribution in [0.2, 0.25) is 0 Å². The maximum absolute atomic E-state index is 13.7. The zero-order valence-corrected chi connectivity index (χ0v) is 25.8. The largest absolute Gasteiger partial charge is 0.493 e. The van der Waals surface area contributed by atoms with Crippen molar-refractivity contribution in [3.8, 4) is 11.5 Å². The van der Waals surface area contributed by atoms with E-state index < -0.39 is 17.8 Å². The van der Waals surface area contributed by atoms with Gasteiger partial charge < -0.3 is 9.47 Å². The molecule has 7 heteroatoms. The van der Waals surface area contributed by atoms with Crippen LogP contribution in [-0.4, -0.2) is 25.0 Å². The van der Waals surface area contributed by atoms with Gasteiger partial charge in [-0.25, -0.2) is 9.69 Å². The molecule has 4 aromatic carbocycles. The van der Waals surface area contributed by atoms with E-state index in [9.17, 15) is 14.4 Å². The molecule has 1 aliphatic heterocycles. The average Bonchev–Trinajstić information content (AvgIpc) is 3.05. The van der Waals surface area contributed by atoms with Gasteiger partial charge >= 0.3 is 6.03 Å². The van der Waals surface area contributed by atoms with Gasteiger partial charge in [0.1, 0.15) is 12.2 Å². The Kier molecular flexibility index (Phi) is 6.93. The van der Waals surface area contributed by atoms with E-state index in [2.05, 4.69) is 35.6 Å². The van der Waals surface area contributed by atoms with E-state index in [1.54, 1.807) is 25.3 Å². The molecule has 0 atom stereocenters. The van der Waals surface area contributed by atoms with Gasteiger partial charge in [-0.2, -0.15) is 0 Å². The van der Waals surface area contributed by atoms with Gasteiger partial charge in [0.05, 0.1) is 12.8 Å². The van der Waals surface area contributed by atoms with Crippen molar-refractivity contribution in [3.05, 3.63) is 107 Å².